The Morgan fingerprint density at radius 1 is 0.897 bits per heavy atom. The average Bonchev–Trinajstić information content (AvgIpc) is 3.69. The third kappa shape index (κ3) is 5.97. The van der Waals surface area contributed by atoms with Crippen LogP contribution in [0.15, 0.2) is 59.1 Å². The van der Waals surface area contributed by atoms with Crippen LogP contribution >= 0.6 is 15.9 Å². The van der Waals surface area contributed by atoms with Gasteiger partial charge in [0.2, 0.25) is 11.8 Å². The fourth-order valence-electron chi connectivity index (χ4n) is 7.74. The van der Waals surface area contributed by atoms with Crippen LogP contribution in [0.2, 0.25) is 0 Å². The average molecular weight is 593 g/mol. The number of benzene rings is 2. The third-order valence-corrected chi connectivity index (χ3v) is 10.7. The van der Waals surface area contributed by atoms with E-state index < -0.39 is 0 Å². The smallest absolute Gasteiger partial charge is 0.229 e. The summed E-state index contributed by atoms with van der Waals surface area (Å²) in [5.74, 6) is 2.16. The summed E-state index contributed by atoms with van der Waals surface area (Å²) in [4.78, 5) is 33.7. The van der Waals surface area contributed by atoms with Gasteiger partial charge >= 0.3 is 0 Å². The molecule has 3 aliphatic heterocycles. The van der Waals surface area contributed by atoms with Gasteiger partial charge in [-0.25, -0.2) is 0 Å². The molecule has 3 saturated heterocycles. The molecule has 39 heavy (non-hydrogen) atoms. The number of nitrogens with zero attached hydrogens (tertiary/aromatic N) is 3. The van der Waals surface area contributed by atoms with Gasteiger partial charge in [-0.3, -0.25) is 9.59 Å². The molecule has 4 aliphatic rings. The molecule has 2 aromatic rings. The normalized spacial score (nSPS) is 25.7. The summed E-state index contributed by atoms with van der Waals surface area (Å²) in [7, 11) is 0. The molecule has 0 bridgehead atoms. The van der Waals surface area contributed by atoms with Gasteiger partial charge in [0, 0.05) is 49.5 Å². The first-order valence-electron chi connectivity index (χ1n) is 15.1. The van der Waals surface area contributed by atoms with Crippen molar-refractivity contribution in [1.29, 1.82) is 0 Å². The second-order valence-electron chi connectivity index (χ2n) is 12.6. The van der Waals surface area contributed by atoms with E-state index in [1.165, 1.54) is 36.8 Å². The van der Waals surface area contributed by atoms with Crippen LogP contribution in [-0.4, -0.2) is 65.8 Å². The summed E-state index contributed by atoms with van der Waals surface area (Å²) in [5.41, 5.74) is 2.38. The maximum absolute atomic E-state index is 13.6. The molecule has 1 spiro atoms. The van der Waals surface area contributed by atoms with Crippen LogP contribution in [0.3, 0.4) is 0 Å². The number of halogens is 1. The molecular weight excluding hydrogens is 550 g/mol. The van der Waals surface area contributed by atoms with Gasteiger partial charge in [-0.1, -0.05) is 71.2 Å². The second kappa shape index (κ2) is 11.7. The number of hydrogen-bond acceptors (Lipinski definition) is 3. The highest BCUT2D eigenvalue weighted by Gasteiger charge is 2.48. The molecule has 6 rings (SSSR count). The molecule has 0 aromatic heterocycles. The summed E-state index contributed by atoms with van der Waals surface area (Å²) >= 11 is 3.50. The fraction of sp³-hybridized carbons (Fsp3) is 0.576. The molecule has 0 N–H and O–H groups in total. The molecule has 0 unspecified atom stereocenters. The molecule has 2 amide bonds. The van der Waals surface area contributed by atoms with Crippen molar-refractivity contribution in [2.45, 2.75) is 63.8 Å². The Morgan fingerprint density at radius 3 is 2.31 bits per heavy atom. The number of amides is 2. The highest BCUT2D eigenvalue weighted by Crippen LogP contribution is 2.43. The van der Waals surface area contributed by atoms with Crippen molar-refractivity contribution in [2.75, 3.05) is 39.3 Å². The van der Waals surface area contributed by atoms with Gasteiger partial charge in [0.1, 0.15) is 0 Å². The fourth-order valence-corrected chi connectivity index (χ4v) is 8.01. The van der Waals surface area contributed by atoms with Crippen LogP contribution in [0.4, 0.5) is 0 Å². The van der Waals surface area contributed by atoms with Crippen LogP contribution < -0.4 is 0 Å². The van der Waals surface area contributed by atoms with E-state index >= 15 is 0 Å². The maximum Gasteiger partial charge on any atom is 0.229 e. The van der Waals surface area contributed by atoms with Crippen LogP contribution in [0.1, 0.15) is 68.4 Å². The van der Waals surface area contributed by atoms with E-state index in [1.807, 2.05) is 0 Å². The van der Waals surface area contributed by atoms with Crippen LogP contribution in [0.25, 0.3) is 0 Å². The largest absolute Gasteiger partial charge is 0.342 e. The first-order chi connectivity index (χ1) is 19.0. The number of piperidine rings is 1. The minimum atomic E-state index is -0.177. The number of likely N-dealkylation sites (tertiary alicyclic amines) is 3. The van der Waals surface area contributed by atoms with Crippen LogP contribution in [0, 0.1) is 17.3 Å². The van der Waals surface area contributed by atoms with Gasteiger partial charge < -0.3 is 14.7 Å². The van der Waals surface area contributed by atoms with E-state index in [2.05, 4.69) is 85.2 Å². The van der Waals surface area contributed by atoms with Gasteiger partial charge in [-0.15, -0.1) is 0 Å². The van der Waals surface area contributed by atoms with Crippen molar-refractivity contribution < 1.29 is 9.59 Å². The summed E-state index contributed by atoms with van der Waals surface area (Å²) in [6.45, 7) is 6.26. The van der Waals surface area contributed by atoms with Crippen LogP contribution in [0.5, 0.6) is 0 Å². The first-order valence-corrected chi connectivity index (χ1v) is 15.9. The molecule has 0 radical (unpaired) electrons. The molecule has 1 aliphatic carbocycles. The standard InChI is InChI=1S/C33H42BrN3O2/c34-29-12-10-26(11-13-29)21-36-19-16-33(32(36)39)14-17-35(18-15-33)22-28-23-37(31(38)20-25-6-4-5-7-25)24-30(28)27-8-2-1-3-9-27/h1-3,8-13,25,28,30H,4-7,14-24H2/t28-,30+/m0/s1. The third-order valence-electron chi connectivity index (χ3n) is 10.2. The first kappa shape index (κ1) is 27.0. The zero-order chi connectivity index (χ0) is 26.8. The second-order valence-corrected chi connectivity index (χ2v) is 13.5. The van der Waals surface area contributed by atoms with Crippen molar-refractivity contribution in [3.63, 3.8) is 0 Å². The minimum Gasteiger partial charge on any atom is -0.342 e. The Labute approximate surface area is 242 Å². The van der Waals surface area contributed by atoms with Gasteiger partial charge in [0.15, 0.2) is 0 Å². The van der Waals surface area contributed by atoms with Gasteiger partial charge in [-0.2, -0.15) is 0 Å². The molecule has 2 atom stereocenters. The van der Waals surface area contributed by atoms with Crippen molar-refractivity contribution in [3.05, 3.63) is 70.2 Å². The lowest BCUT2D eigenvalue weighted by atomic mass is 9.76. The zero-order valence-electron chi connectivity index (χ0n) is 23.1. The molecule has 6 heteroatoms. The zero-order valence-corrected chi connectivity index (χ0v) is 24.7. The lowest BCUT2D eigenvalue weighted by Crippen LogP contribution is -2.46. The Morgan fingerprint density at radius 2 is 1.59 bits per heavy atom. The van der Waals surface area contributed by atoms with Crippen molar-refractivity contribution in [1.82, 2.24) is 14.7 Å². The van der Waals surface area contributed by atoms with Gasteiger partial charge in [0.05, 0.1) is 5.41 Å². The summed E-state index contributed by atoms with van der Waals surface area (Å²) in [5, 5.41) is 0. The van der Waals surface area contributed by atoms with Gasteiger partial charge in [0.25, 0.3) is 0 Å². The predicted octanol–water partition coefficient (Wildman–Crippen LogP) is 6.09. The Hall–Kier alpha value is -2.18. The molecule has 2 aromatic carbocycles. The highest BCUT2D eigenvalue weighted by atomic mass is 79.9. The molecular formula is C33H42BrN3O2. The molecule has 1 saturated carbocycles. The molecule has 4 fully saturated rings. The highest BCUT2D eigenvalue weighted by molar-refractivity contribution is 9.10. The minimum absolute atomic E-state index is 0.177. The maximum atomic E-state index is 13.6. The molecule has 5 nitrogen and oxygen atoms in total. The molecule has 3 heterocycles. The Balaban J connectivity index is 1.07. The van der Waals surface area contributed by atoms with E-state index in [1.54, 1.807) is 0 Å². The summed E-state index contributed by atoms with van der Waals surface area (Å²) in [6.07, 6.45) is 8.64. The van der Waals surface area contributed by atoms with Crippen molar-refractivity contribution in [3.8, 4) is 0 Å². The topological polar surface area (TPSA) is 43.9 Å². The number of rotatable bonds is 7. The number of carbonyl (C=O) groups excluding carboxylic acids is 2. The van der Waals surface area contributed by atoms with E-state index in [4.69, 9.17) is 0 Å². The summed E-state index contributed by atoms with van der Waals surface area (Å²) in [6, 6.07) is 19.2. The summed E-state index contributed by atoms with van der Waals surface area (Å²) < 4.78 is 1.07. The lowest BCUT2D eigenvalue weighted by molar-refractivity contribution is -0.139. The number of carbonyl (C=O) groups is 2. The Bertz CT molecular complexity index is 1140. The Kier molecular flexibility index (Phi) is 8.13. The van der Waals surface area contributed by atoms with E-state index in [0.717, 1.165) is 69.4 Å². The van der Waals surface area contributed by atoms with E-state index in [0.29, 0.717) is 36.1 Å². The van der Waals surface area contributed by atoms with E-state index in [-0.39, 0.29) is 5.41 Å². The monoisotopic (exact) mass is 591 g/mol. The van der Waals surface area contributed by atoms with Crippen molar-refractivity contribution >= 4 is 27.7 Å². The van der Waals surface area contributed by atoms with Crippen LogP contribution in [-0.2, 0) is 16.1 Å². The number of hydrogen-bond donors (Lipinski definition) is 0. The van der Waals surface area contributed by atoms with Crippen molar-refractivity contribution in [2.24, 2.45) is 17.3 Å². The van der Waals surface area contributed by atoms with Gasteiger partial charge in [-0.05, 0) is 80.3 Å². The predicted molar refractivity (Wildman–Crippen MR) is 158 cm³/mol. The van der Waals surface area contributed by atoms with E-state index in [9.17, 15) is 9.59 Å². The molecule has 208 valence electrons. The SMILES string of the molecule is O=C(CC1CCCC1)N1C[C@H](CN2CCC3(CC2)CCN(Cc2ccc(Br)cc2)C3=O)[C@@H](c2ccccc2)C1. The quantitative estimate of drug-likeness (QED) is 0.391. The lowest BCUT2D eigenvalue weighted by Gasteiger charge is -2.39.